The summed E-state index contributed by atoms with van der Waals surface area (Å²) in [4.78, 5) is 16.4. The number of aryl methyl sites for hydroxylation is 2. The van der Waals surface area contributed by atoms with Crippen molar-refractivity contribution in [3.05, 3.63) is 70.9 Å². The minimum atomic E-state index is -1.05. The summed E-state index contributed by atoms with van der Waals surface area (Å²) < 4.78 is 17.1. The Morgan fingerprint density at radius 3 is 2.39 bits per heavy atom. The lowest BCUT2D eigenvalue weighted by atomic mass is 10.1. The van der Waals surface area contributed by atoms with Gasteiger partial charge in [-0.3, -0.25) is 0 Å². The Morgan fingerprint density at radius 2 is 1.74 bits per heavy atom. The number of benzene rings is 2. The van der Waals surface area contributed by atoms with Gasteiger partial charge in [-0.25, -0.2) is 9.78 Å². The van der Waals surface area contributed by atoms with Crippen LogP contribution < -0.4 is 14.2 Å². The molecule has 0 saturated heterocycles. The number of methoxy groups -OCH3 is 1. The Labute approximate surface area is 182 Å². The maximum Gasteiger partial charge on any atom is 0.337 e. The fourth-order valence-corrected chi connectivity index (χ4v) is 3.10. The molecule has 6 heteroatoms. The molecule has 0 fully saturated rings. The molecule has 2 aromatic carbocycles. The van der Waals surface area contributed by atoms with Gasteiger partial charge in [-0.15, -0.1) is 0 Å². The van der Waals surface area contributed by atoms with Crippen LogP contribution in [0.5, 0.6) is 17.2 Å². The largest absolute Gasteiger partial charge is 0.497 e. The lowest BCUT2D eigenvalue weighted by Crippen LogP contribution is -2.10. The van der Waals surface area contributed by atoms with Gasteiger partial charge in [0.2, 0.25) is 0 Å². The molecular weight excluding hydrogens is 394 g/mol. The molecule has 0 aliphatic heterocycles. The predicted octanol–water partition coefficient (Wildman–Crippen LogP) is 5.44. The van der Waals surface area contributed by atoms with Crippen LogP contribution in [-0.4, -0.2) is 29.3 Å². The molecule has 1 N–H and O–H groups in total. The molecule has 1 heterocycles. The van der Waals surface area contributed by atoms with Gasteiger partial charge in [0.15, 0.2) is 0 Å². The smallest absolute Gasteiger partial charge is 0.337 e. The molecule has 0 aliphatic carbocycles. The van der Waals surface area contributed by atoms with E-state index in [-0.39, 0.29) is 18.3 Å². The molecule has 0 unspecified atom stereocenters. The fraction of sp³-hybridized carbons (Fsp3) is 0.280. The van der Waals surface area contributed by atoms with Crippen LogP contribution in [0.2, 0.25) is 0 Å². The van der Waals surface area contributed by atoms with Crippen LogP contribution >= 0.6 is 0 Å². The molecule has 1 aromatic heterocycles. The minimum Gasteiger partial charge on any atom is -0.497 e. The van der Waals surface area contributed by atoms with Crippen molar-refractivity contribution in [3.63, 3.8) is 0 Å². The van der Waals surface area contributed by atoms with Crippen LogP contribution in [0.15, 0.2) is 48.5 Å². The van der Waals surface area contributed by atoms with E-state index in [4.69, 9.17) is 14.2 Å². The van der Waals surface area contributed by atoms with Crippen LogP contribution in [-0.2, 0) is 6.61 Å². The highest BCUT2D eigenvalue weighted by atomic mass is 16.5. The molecule has 0 saturated carbocycles. The van der Waals surface area contributed by atoms with Crippen LogP contribution in [0, 0.1) is 13.8 Å². The molecule has 0 bridgehead atoms. The monoisotopic (exact) mass is 421 g/mol. The number of pyridine rings is 1. The number of ether oxygens (including phenoxy) is 3. The van der Waals surface area contributed by atoms with Gasteiger partial charge in [0.05, 0.1) is 30.2 Å². The zero-order valence-electron chi connectivity index (χ0n) is 18.4. The van der Waals surface area contributed by atoms with E-state index in [1.807, 2.05) is 64.1 Å². The van der Waals surface area contributed by atoms with Crippen molar-refractivity contribution in [3.8, 4) is 28.5 Å². The van der Waals surface area contributed by atoms with E-state index in [2.05, 4.69) is 4.98 Å². The summed E-state index contributed by atoms with van der Waals surface area (Å²) in [5, 5.41) is 9.62. The van der Waals surface area contributed by atoms with Gasteiger partial charge in [0, 0.05) is 5.56 Å². The Morgan fingerprint density at radius 1 is 1.00 bits per heavy atom. The minimum absolute atomic E-state index is 0.0296. The van der Waals surface area contributed by atoms with Crippen LogP contribution in [0.4, 0.5) is 0 Å². The quantitative estimate of drug-likeness (QED) is 0.522. The summed E-state index contributed by atoms with van der Waals surface area (Å²) in [6.07, 6.45) is -0.0296. The highest BCUT2D eigenvalue weighted by Gasteiger charge is 2.17. The molecule has 6 nitrogen and oxygen atoms in total. The highest BCUT2D eigenvalue weighted by Crippen LogP contribution is 2.34. The second-order valence-electron chi connectivity index (χ2n) is 7.56. The molecule has 0 amide bonds. The van der Waals surface area contributed by atoms with Gasteiger partial charge in [0.1, 0.15) is 23.9 Å². The zero-order chi connectivity index (χ0) is 22.5. The van der Waals surface area contributed by atoms with Crippen LogP contribution in [0.25, 0.3) is 11.3 Å². The lowest BCUT2D eigenvalue weighted by molar-refractivity contribution is 0.0693. The predicted molar refractivity (Wildman–Crippen MR) is 119 cm³/mol. The zero-order valence-corrected chi connectivity index (χ0v) is 18.4. The number of hydrogen-bond acceptors (Lipinski definition) is 5. The number of hydrogen-bond donors (Lipinski definition) is 1. The molecule has 0 aliphatic rings. The van der Waals surface area contributed by atoms with Crippen molar-refractivity contribution in [2.75, 3.05) is 7.11 Å². The summed E-state index contributed by atoms with van der Waals surface area (Å²) in [5.41, 5.74) is 4.00. The number of carbonyl (C=O) groups is 1. The first kappa shape index (κ1) is 22.2. The SMILES string of the molecule is COc1ccc(OC(C)C)c(-c2ccc(C(=O)O)c(COc3ccc(C)c(C)c3)n2)c1. The van der Waals surface area contributed by atoms with E-state index in [0.29, 0.717) is 28.6 Å². The van der Waals surface area contributed by atoms with Crippen molar-refractivity contribution >= 4 is 5.97 Å². The van der Waals surface area contributed by atoms with E-state index in [1.165, 1.54) is 0 Å². The maximum atomic E-state index is 11.8. The van der Waals surface area contributed by atoms with E-state index >= 15 is 0 Å². The molecule has 3 aromatic rings. The van der Waals surface area contributed by atoms with Crippen molar-refractivity contribution < 1.29 is 24.1 Å². The average Bonchev–Trinajstić information content (AvgIpc) is 2.74. The van der Waals surface area contributed by atoms with E-state index in [0.717, 1.165) is 16.7 Å². The van der Waals surface area contributed by atoms with Gasteiger partial charge in [-0.1, -0.05) is 6.07 Å². The van der Waals surface area contributed by atoms with E-state index < -0.39 is 5.97 Å². The van der Waals surface area contributed by atoms with E-state index in [9.17, 15) is 9.90 Å². The van der Waals surface area contributed by atoms with Crippen LogP contribution in [0.1, 0.15) is 41.0 Å². The average molecular weight is 421 g/mol. The third-order valence-electron chi connectivity index (χ3n) is 4.88. The summed E-state index contributed by atoms with van der Waals surface area (Å²) in [7, 11) is 1.59. The summed E-state index contributed by atoms with van der Waals surface area (Å²) >= 11 is 0. The topological polar surface area (TPSA) is 77.9 Å². The van der Waals surface area contributed by atoms with Gasteiger partial charge in [-0.2, -0.15) is 0 Å². The maximum absolute atomic E-state index is 11.8. The second kappa shape index (κ2) is 9.51. The number of nitrogens with zero attached hydrogens (tertiary/aromatic N) is 1. The number of carboxylic acids is 1. The van der Waals surface area contributed by atoms with Crippen molar-refractivity contribution in [1.82, 2.24) is 4.98 Å². The summed E-state index contributed by atoms with van der Waals surface area (Å²) in [6.45, 7) is 7.94. The van der Waals surface area contributed by atoms with Gasteiger partial charge >= 0.3 is 5.97 Å². The number of rotatable bonds is 8. The fourth-order valence-electron chi connectivity index (χ4n) is 3.10. The van der Waals surface area contributed by atoms with Crippen LogP contribution in [0.3, 0.4) is 0 Å². The molecule has 0 spiro atoms. The molecule has 3 rings (SSSR count). The van der Waals surface area contributed by atoms with E-state index in [1.54, 1.807) is 19.2 Å². The lowest BCUT2D eigenvalue weighted by Gasteiger charge is -2.16. The van der Waals surface area contributed by atoms with Crippen molar-refractivity contribution in [2.45, 2.75) is 40.4 Å². The number of aromatic nitrogens is 1. The van der Waals surface area contributed by atoms with Gasteiger partial charge in [-0.05, 0) is 81.3 Å². The number of carboxylic acid groups (broad SMARTS) is 1. The Bertz CT molecular complexity index is 1090. The van der Waals surface area contributed by atoms with Gasteiger partial charge in [0.25, 0.3) is 0 Å². The Balaban J connectivity index is 2.00. The third-order valence-corrected chi connectivity index (χ3v) is 4.88. The summed E-state index contributed by atoms with van der Waals surface area (Å²) in [6, 6.07) is 14.4. The normalized spacial score (nSPS) is 10.8. The Kier molecular flexibility index (Phi) is 6.80. The standard InChI is InChI=1S/C25H27NO5/c1-15(2)31-24-11-8-18(29-5)13-21(24)22-10-9-20(25(27)28)23(26-22)14-30-19-7-6-16(3)17(4)12-19/h6-13,15H,14H2,1-5H3,(H,27,28). The van der Waals surface area contributed by atoms with Crippen molar-refractivity contribution in [2.24, 2.45) is 0 Å². The van der Waals surface area contributed by atoms with Gasteiger partial charge < -0.3 is 19.3 Å². The number of aromatic carboxylic acids is 1. The molecular formula is C25H27NO5. The third kappa shape index (κ3) is 5.34. The summed E-state index contributed by atoms with van der Waals surface area (Å²) in [5.74, 6) is 0.912. The molecule has 0 radical (unpaired) electrons. The molecule has 31 heavy (non-hydrogen) atoms. The molecule has 0 atom stereocenters. The first-order valence-corrected chi connectivity index (χ1v) is 10.1. The van der Waals surface area contributed by atoms with Crippen molar-refractivity contribution in [1.29, 1.82) is 0 Å². The highest BCUT2D eigenvalue weighted by molar-refractivity contribution is 5.89. The Hall–Kier alpha value is -3.54. The second-order valence-corrected chi connectivity index (χ2v) is 7.56. The first-order valence-electron chi connectivity index (χ1n) is 10.1. The molecule has 162 valence electrons. The first-order chi connectivity index (χ1) is 14.8.